The summed E-state index contributed by atoms with van der Waals surface area (Å²) >= 11 is 0. The van der Waals surface area contributed by atoms with Crippen molar-refractivity contribution < 1.29 is 4.74 Å². The monoisotopic (exact) mass is 204 g/mol. The second-order valence-corrected chi connectivity index (χ2v) is 3.69. The molecule has 0 unspecified atom stereocenters. The molecule has 1 aliphatic heterocycles. The van der Waals surface area contributed by atoms with Gasteiger partial charge in [-0.2, -0.15) is 0 Å². The van der Waals surface area contributed by atoms with Crippen LogP contribution in [-0.4, -0.2) is 19.5 Å². The molecular weight excluding hydrogens is 188 g/mol. The molecule has 0 aromatic heterocycles. The van der Waals surface area contributed by atoms with Crippen molar-refractivity contribution in [1.82, 2.24) is 0 Å². The first-order valence-electron chi connectivity index (χ1n) is 5.27. The fourth-order valence-electron chi connectivity index (χ4n) is 1.71. The highest BCUT2D eigenvalue weighted by Gasteiger charge is 2.05. The van der Waals surface area contributed by atoms with Crippen molar-refractivity contribution in [3.8, 4) is 0 Å². The van der Waals surface area contributed by atoms with Gasteiger partial charge in [-0.15, -0.1) is 0 Å². The molecule has 0 saturated carbocycles. The van der Waals surface area contributed by atoms with E-state index in [-0.39, 0.29) is 0 Å². The van der Waals surface area contributed by atoms with E-state index in [1.807, 2.05) is 6.07 Å². The molecule has 15 heavy (non-hydrogen) atoms. The predicted molar refractivity (Wildman–Crippen MR) is 62.3 cm³/mol. The average Bonchev–Trinajstić information content (AvgIpc) is 2.71. The van der Waals surface area contributed by atoms with E-state index >= 15 is 0 Å². The Bertz CT molecular complexity index is 360. The first-order chi connectivity index (χ1) is 7.38. The van der Waals surface area contributed by atoms with Gasteiger partial charge in [0.1, 0.15) is 5.84 Å². The van der Waals surface area contributed by atoms with E-state index in [4.69, 9.17) is 4.74 Å². The Hall–Kier alpha value is -1.35. The summed E-state index contributed by atoms with van der Waals surface area (Å²) in [5.74, 6) is 1.10. The summed E-state index contributed by atoms with van der Waals surface area (Å²) < 4.78 is 5.09. The van der Waals surface area contributed by atoms with Crippen LogP contribution in [0.3, 0.4) is 0 Å². The maximum Gasteiger partial charge on any atom is 0.101 e. The van der Waals surface area contributed by atoms with Crippen molar-refractivity contribution in [1.29, 1.82) is 0 Å². The number of nitrogens with zero attached hydrogens (tertiary/aromatic N) is 1. The molecule has 0 bridgehead atoms. The molecule has 1 aromatic carbocycles. The Balaban J connectivity index is 2.04. The van der Waals surface area contributed by atoms with Gasteiger partial charge in [-0.3, -0.25) is 4.99 Å². The van der Waals surface area contributed by atoms with Crippen LogP contribution in [0.15, 0.2) is 29.3 Å². The Morgan fingerprint density at radius 1 is 1.47 bits per heavy atom. The number of amidine groups is 1. The zero-order chi connectivity index (χ0) is 10.5. The maximum absolute atomic E-state index is 5.09. The highest BCUT2D eigenvalue weighted by Crippen LogP contribution is 2.14. The molecule has 2 rings (SSSR count). The second-order valence-electron chi connectivity index (χ2n) is 3.69. The standard InChI is InChI=1S/C12H16N2O/c1-15-9-10-4-2-5-11(8-10)14-12-6-3-7-13-12/h2,4-5,8H,3,6-7,9H2,1H3,(H,13,14). The van der Waals surface area contributed by atoms with E-state index in [0.29, 0.717) is 6.61 Å². The van der Waals surface area contributed by atoms with Crippen molar-refractivity contribution in [2.24, 2.45) is 4.99 Å². The molecule has 1 heterocycles. The van der Waals surface area contributed by atoms with Crippen molar-refractivity contribution >= 4 is 11.5 Å². The van der Waals surface area contributed by atoms with Crippen LogP contribution in [0.5, 0.6) is 0 Å². The quantitative estimate of drug-likeness (QED) is 0.820. The highest BCUT2D eigenvalue weighted by molar-refractivity contribution is 5.96. The number of hydrogen-bond acceptors (Lipinski definition) is 3. The van der Waals surface area contributed by atoms with Gasteiger partial charge >= 0.3 is 0 Å². The number of ether oxygens (including phenoxy) is 1. The number of aliphatic imine (C=N–C) groups is 1. The number of benzene rings is 1. The molecule has 0 spiro atoms. The smallest absolute Gasteiger partial charge is 0.101 e. The second kappa shape index (κ2) is 4.94. The van der Waals surface area contributed by atoms with Crippen LogP contribution >= 0.6 is 0 Å². The molecule has 0 aliphatic carbocycles. The average molecular weight is 204 g/mol. The molecule has 1 aromatic rings. The lowest BCUT2D eigenvalue weighted by molar-refractivity contribution is 0.185. The Morgan fingerprint density at radius 3 is 3.13 bits per heavy atom. The van der Waals surface area contributed by atoms with Crippen LogP contribution in [0.2, 0.25) is 0 Å². The minimum atomic E-state index is 0.655. The fraction of sp³-hybridized carbons (Fsp3) is 0.417. The molecule has 3 nitrogen and oxygen atoms in total. The lowest BCUT2D eigenvalue weighted by Crippen LogP contribution is -2.08. The van der Waals surface area contributed by atoms with Gasteiger partial charge in [0.15, 0.2) is 0 Å². The Kier molecular flexibility index (Phi) is 3.35. The van der Waals surface area contributed by atoms with E-state index in [1.165, 1.54) is 12.0 Å². The fourth-order valence-corrected chi connectivity index (χ4v) is 1.71. The van der Waals surface area contributed by atoms with E-state index in [2.05, 4.69) is 28.5 Å². The minimum absolute atomic E-state index is 0.655. The van der Waals surface area contributed by atoms with Crippen LogP contribution in [0.4, 0.5) is 5.69 Å². The molecular formula is C12H16N2O. The molecule has 3 heteroatoms. The number of hydrogen-bond donors (Lipinski definition) is 1. The molecule has 0 radical (unpaired) electrons. The van der Waals surface area contributed by atoms with Crippen molar-refractivity contribution in [3.63, 3.8) is 0 Å². The van der Waals surface area contributed by atoms with Crippen molar-refractivity contribution in [2.75, 3.05) is 19.0 Å². The predicted octanol–water partition coefficient (Wildman–Crippen LogP) is 2.44. The molecule has 0 fully saturated rings. The van der Waals surface area contributed by atoms with Crippen LogP contribution < -0.4 is 5.32 Å². The van der Waals surface area contributed by atoms with Crippen molar-refractivity contribution in [3.05, 3.63) is 29.8 Å². The van der Waals surface area contributed by atoms with E-state index in [9.17, 15) is 0 Å². The lowest BCUT2D eigenvalue weighted by Gasteiger charge is -2.07. The number of anilines is 1. The third-order valence-corrected chi connectivity index (χ3v) is 2.40. The molecule has 0 saturated heterocycles. The number of nitrogens with one attached hydrogen (secondary N) is 1. The first kappa shape index (κ1) is 10.2. The summed E-state index contributed by atoms with van der Waals surface area (Å²) in [7, 11) is 1.71. The summed E-state index contributed by atoms with van der Waals surface area (Å²) in [6, 6.07) is 8.25. The zero-order valence-corrected chi connectivity index (χ0v) is 8.99. The minimum Gasteiger partial charge on any atom is -0.380 e. The molecule has 1 N–H and O–H groups in total. The molecule has 0 atom stereocenters. The third kappa shape index (κ3) is 2.80. The highest BCUT2D eigenvalue weighted by atomic mass is 16.5. The molecule has 1 aliphatic rings. The van der Waals surface area contributed by atoms with Gasteiger partial charge in [0.25, 0.3) is 0 Å². The van der Waals surface area contributed by atoms with E-state index in [1.54, 1.807) is 7.11 Å². The largest absolute Gasteiger partial charge is 0.380 e. The molecule has 0 amide bonds. The van der Waals surface area contributed by atoms with Gasteiger partial charge in [0, 0.05) is 25.8 Å². The van der Waals surface area contributed by atoms with Crippen LogP contribution in [0, 0.1) is 0 Å². The summed E-state index contributed by atoms with van der Waals surface area (Å²) in [4.78, 5) is 4.38. The van der Waals surface area contributed by atoms with Gasteiger partial charge < -0.3 is 10.1 Å². The van der Waals surface area contributed by atoms with E-state index in [0.717, 1.165) is 24.5 Å². The van der Waals surface area contributed by atoms with Gasteiger partial charge in [0.05, 0.1) is 6.61 Å². The molecule has 80 valence electrons. The maximum atomic E-state index is 5.09. The van der Waals surface area contributed by atoms with Gasteiger partial charge in [-0.05, 0) is 24.1 Å². The van der Waals surface area contributed by atoms with Gasteiger partial charge in [-0.1, -0.05) is 12.1 Å². The lowest BCUT2D eigenvalue weighted by atomic mass is 10.2. The number of rotatable bonds is 3. The van der Waals surface area contributed by atoms with Gasteiger partial charge in [0.2, 0.25) is 0 Å². The van der Waals surface area contributed by atoms with Gasteiger partial charge in [-0.25, -0.2) is 0 Å². The SMILES string of the molecule is COCc1cccc(NC2=NCCC2)c1. The van der Waals surface area contributed by atoms with E-state index < -0.39 is 0 Å². The summed E-state index contributed by atoms with van der Waals surface area (Å²) in [5, 5.41) is 3.33. The normalized spacial score (nSPS) is 15.1. The topological polar surface area (TPSA) is 33.6 Å². The Morgan fingerprint density at radius 2 is 2.40 bits per heavy atom. The summed E-state index contributed by atoms with van der Waals surface area (Å²) in [6.45, 7) is 1.61. The summed E-state index contributed by atoms with van der Waals surface area (Å²) in [6.07, 6.45) is 2.23. The Labute approximate surface area is 90.2 Å². The number of methoxy groups -OCH3 is 1. The first-order valence-corrected chi connectivity index (χ1v) is 5.27. The van der Waals surface area contributed by atoms with Crippen LogP contribution in [0.25, 0.3) is 0 Å². The van der Waals surface area contributed by atoms with Crippen LogP contribution in [0.1, 0.15) is 18.4 Å². The zero-order valence-electron chi connectivity index (χ0n) is 8.99. The summed E-state index contributed by atoms with van der Waals surface area (Å²) in [5.41, 5.74) is 2.28. The van der Waals surface area contributed by atoms with Crippen LogP contribution in [-0.2, 0) is 11.3 Å². The van der Waals surface area contributed by atoms with Crippen molar-refractivity contribution in [2.45, 2.75) is 19.4 Å². The third-order valence-electron chi connectivity index (χ3n) is 2.40.